The van der Waals surface area contributed by atoms with Crippen LogP contribution in [0.3, 0.4) is 0 Å². The van der Waals surface area contributed by atoms with Gasteiger partial charge in [-0.25, -0.2) is 0 Å². The standard InChI is InChI=1S/C2H3NO2/c4-1-2(5)3-1/h1,4H,(H,3,5). The van der Waals surface area contributed by atoms with Gasteiger partial charge in [0, 0.05) is 0 Å². The number of hydrogen-bond acceptors (Lipinski definition) is 2. The lowest BCUT2D eigenvalue weighted by Gasteiger charge is -1.53. The van der Waals surface area contributed by atoms with Crippen LogP contribution in [0.25, 0.3) is 0 Å². The summed E-state index contributed by atoms with van der Waals surface area (Å²) in [7, 11) is 0. The number of aliphatic hydroxyl groups excluding tert-OH is 1. The molecule has 1 unspecified atom stereocenters. The van der Waals surface area contributed by atoms with Crippen LogP contribution in [0.5, 0.6) is 0 Å². The number of nitrogens with one attached hydrogen (secondary N) is 1. The van der Waals surface area contributed by atoms with E-state index in [1.165, 1.54) is 0 Å². The van der Waals surface area contributed by atoms with Gasteiger partial charge in [0.05, 0.1) is 0 Å². The molecule has 0 bridgehead atoms. The van der Waals surface area contributed by atoms with Crippen LogP contribution in [0.4, 0.5) is 0 Å². The maximum Gasteiger partial charge on any atom is 0.272 e. The third kappa shape index (κ3) is 0.238. The molecule has 3 nitrogen and oxygen atoms in total. The summed E-state index contributed by atoms with van der Waals surface area (Å²) in [6.45, 7) is 0. The summed E-state index contributed by atoms with van der Waals surface area (Å²) >= 11 is 0. The summed E-state index contributed by atoms with van der Waals surface area (Å²) in [5.41, 5.74) is 0. The van der Waals surface area contributed by atoms with Crippen LogP contribution >= 0.6 is 0 Å². The second-order valence-corrected chi connectivity index (χ2v) is 0.911. The molecular weight excluding hydrogens is 70.0 g/mol. The van der Waals surface area contributed by atoms with Crippen molar-refractivity contribution in [3.05, 3.63) is 0 Å². The molecule has 3 heteroatoms. The average molecular weight is 73.1 g/mol. The number of hydrogen-bond donors (Lipinski definition) is 2. The molecule has 0 aromatic rings. The lowest BCUT2D eigenvalue weighted by atomic mass is 10.9. The van der Waals surface area contributed by atoms with Crippen molar-refractivity contribution in [2.75, 3.05) is 0 Å². The molecule has 1 atom stereocenters. The minimum absolute atomic E-state index is 0.273. The molecule has 0 spiro atoms. The fourth-order valence-electron chi connectivity index (χ4n) is 0.0931. The van der Waals surface area contributed by atoms with Gasteiger partial charge in [0.25, 0.3) is 5.91 Å². The van der Waals surface area contributed by atoms with E-state index in [0.717, 1.165) is 0 Å². The molecule has 1 fully saturated rings. The van der Waals surface area contributed by atoms with E-state index in [0.29, 0.717) is 0 Å². The molecule has 2 N–H and O–H groups in total. The number of carbonyl (C=O) groups is 1. The Labute approximate surface area is 28.6 Å². The van der Waals surface area contributed by atoms with Gasteiger partial charge in [-0.1, -0.05) is 0 Å². The average Bonchev–Trinajstić information content (AvgIpc) is 1.79. The summed E-state index contributed by atoms with van der Waals surface area (Å²) in [4.78, 5) is 9.53. The first kappa shape index (κ1) is 2.66. The second kappa shape index (κ2) is 0.490. The molecule has 1 heterocycles. The second-order valence-electron chi connectivity index (χ2n) is 0.911. The summed E-state index contributed by atoms with van der Waals surface area (Å²) in [6.07, 6.45) is -0.838. The summed E-state index contributed by atoms with van der Waals surface area (Å²) < 4.78 is 0. The Balaban J connectivity index is 2.47. The molecule has 1 aliphatic rings. The highest BCUT2D eigenvalue weighted by atomic mass is 16.3. The number of carbonyl (C=O) groups excluding carboxylic acids is 1. The molecule has 0 radical (unpaired) electrons. The van der Waals surface area contributed by atoms with Gasteiger partial charge < -0.3 is 10.4 Å². The topological polar surface area (TPSA) is 59.2 Å². The van der Waals surface area contributed by atoms with Crippen LogP contribution in [-0.4, -0.2) is 17.2 Å². The molecule has 1 saturated heterocycles. The monoisotopic (exact) mass is 73.0 g/mol. The Kier molecular flexibility index (Phi) is 0.260. The van der Waals surface area contributed by atoms with E-state index >= 15 is 0 Å². The predicted octanol–water partition coefficient (Wildman–Crippen LogP) is -1.57. The van der Waals surface area contributed by atoms with E-state index in [9.17, 15) is 4.79 Å². The largest absolute Gasteiger partial charge is 0.365 e. The maximum absolute atomic E-state index is 9.53. The Bertz CT molecular complexity index is 70.0. The van der Waals surface area contributed by atoms with Crippen molar-refractivity contribution in [1.29, 1.82) is 0 Å². The SMILES string of the molecule is O=C1NC1O. The van der Waals surface area contributed by atoms with Crippen molar-refractivity contribution in [2.24, 2.45) is 0 Å². The minimum atomic E-state index is -0.838. The van der Waals surface area contributed by atoms with Crippen LogP contribution in [0.2, 0.25) is 0 Å². The van der Waals surface area contributed by atoms with Crippen LogP contribution < -0.4 is 5.32 Å². The molecule has 0 aromatic heterocycles. The zero-order chi connectivity index (χ0) is 3.86. The molecule has 5 heavy (non-hydrogen) atoms. The molecular formula is C2H3NO2. The molecule has 1 amide bonds. The van der Waals surface area contributed by atoms with Gasteiger partial charge in [0.2, 0.25) is 6.23 Å². The van der Waals surface area contributed by atoms with Crippen LogP contribution in [0, 0.1) is 0 Å². The van der Waals surface area contributed by atoms with Crippen LogP contribution in [-0.2, 0) is 4.79 Å². The van der Waals surface area contributed by atoms with Crippen molar-refractivity contribution >= 4 is 5.91 Å². The predicted molar refractivity (Wildman–Crippen MR) is 14.1 cm³/mol. The first-order valence-electron chi connectivity index (χ1n) is 1.29. The van der Waals surface area contributed by atoms with E-state index in [1.54, 1.807) is 0 Å². The van der Waals surface area contributed by atoms with Crippen molar-refractivity contribution in [2.45, 2.75) is 6.23 Å². The van der Waals surface area contributed by atoms with E-state index in [2.05, 4.69) is 5.32 Å². The first-order valence-corrected chi connectivity index (χ1v) is 1.29. The van der Waals surface area contributed by atoms with Crippen molar-refractivity contribution in [1.82, 2.24) is 5.32 Å². The van der Waals surface area contributed by atoms with Gasteiger partial charge in [-0.05, 0) is 0 Å². The molecule has 0 aromatic carbocycles. The zero-order valence-electron chi connectivity index (χ0n) is 2.43. The Morgan fingerprint density at radius 1 is 2.00 bits per heavy atom. The highest BCUT2D eigenvalue weighted by Gasteiger charge is 2.29. The number of aliphatic hydroxyl groups is 1. The normalized spacial score (nSPS) is 33.0. The zero-order valence-corrected chi connectivity index (χ0v) is 2.43. The third-order valence-corrected chi connectivity index (χ3v) is 0.444. The van der Waals surface area contributed by atoms with Gasteiger partial charge >= 0.3 is 0 Å². The number of rotatable bonds is 0. The van der Waals surface area contributed by atoms with Gasteiger partial charge in [0.1, 0.15) is 0 Å². The quantitative estimate of drug-likeness (QED) is 0.340. The summed E-state index contributed by atoms with van der Waals surface area (Å²) in [6, 6.07) is 0. The molecule has 1 aliphatic heterocycles. The Morgan fingerprint density at radius 2 is 2.20 bits per heavy atom. The minimum Gasteiger partial charge on any atom is -0.365 e. The van der Waals surface area contributed by atoms with E-state index in [1.807, 2.05) is 0 Å². The van der Waals surface area contributed by atoms with Crippen molar-refractivity contribution in [3.8, 4) is 0 Å². The van der Waals surface area contributed by atoms with E-state index < -0.39 is 6.23 Å². The maximum atomic E-state index is 9.53. The lowest BCUT2D eigenvalue weighted by molar-refractivity contribution is -0.112. The smallest absolute Gasteiger partial charge is 0.272 e. The van der Waals surface area contributed by atoms with Gasteiger partial charge in [-0.2, -0.15) is 0 Å². The van der Waals surface area contributed by atoms with Crippen LogP contribution in [0.1, 0.15) is 0 Å². The molecule has 0 saturated carbocycles. The third-order valence-electron chi connectivity index (χ3n) is 0.444. The van der Waals surface area contributed by atoms with Gasteiger partial charge in [-0.15, -0.1) is 0 Å². The van der Waals surface area contributed by atoms with Crippen molar-refractivity contribution < 1.29 is 9.90 Å². The fourth-order valence-corrected chi connectivity index (χ4v) is 0.0931. The molecule has 28 valence electrons. The Hall–Kier alpha value is -0.570. The first-order chi connectivity index (χ1) is 2.30. The molecule has 0 aliphatic carbocycles. The summed E-state index contributed by atoms with van der Waals surface area (Å²) in [5, 5.41) is 10.1. The van der Waals surface area contributed by atoms with Crippen molar-refractivity contribution in [3.63, 3.8) is 0 Å². The van der Waals surface area contributed by atoms with E-state index in [-0.39, 0.29) is 5.91 Å². The highest BCUT2D eigenvalue weighted by molar-refractivity contribution is 5.94. The number of amides is 1. The highest BCUT2D eigenvalue weighted by Crippen LogP contribution is 1.89. The molecule has 1 rings (SSSR count). The van der Waals surface area contributed by atoms with Gasteiger partial charge in [-0.3, -0.25) is 4.79 Å². The Morgan fingerprint density at radius 3 is 2.20 bits per heavy atom. The van der Waals surface area contributed by atoms with E-state index in [4.69, 9.17) is 5.11 Å². The summed E-state index contributed by atoms with van der Waals surface area (Å²) in [5.74, 6) is -0.273. The van der Waals surface area contributed by atoms with Crippen LogP contribution in [0.15, 0.2) is 0 Å². The fraction of sp³-hybridized carbons (Fsp3) is 0.500. The lowest BCUT2D eigenvalue weighted by Crippen LogP contribution is -1.80. The van der Waals surface area contributed by atoms with Gasteiger partial charge in [0.15, 0.2) is 0 Å².